The third kappa shape index (κ3) is 3.30. The van der Waals surface area contributed by atoms with Gasteiger partial charge in [-0.3, -0.25) is 4.90 Å². The second-order valence-corrected chi connectivity index (χ2v) is 4.92. The smallest absolute Gasteiger partial charge is 0.208 e. The van der Waals surface area contributed by atoms with E-state index in [1.807, 2.05) is 13.8 Å². The zero-order valence-corrected chi connectivity index (χ0v) is 11.1. The molecule has 1 aliphatic heterocycles. The number of aromatic nitrogens is 1. The number of nitrogens with one attached hydrogen (secondary N) is 1. The van der Waals surface area contributed by atoms with Crippen molar-refractivity contribution in [3.63, 3.8) is 0 Å². The Kier molecular flexibility index (Phi) is 4.18. The summed E-state index contributed by atoms with van der Waals surface area (Å²) in [6.07, 6.45) is 2.44. The molecule has 2 heterocycles. The molecule has 1 unspecified atom stereocenters. The first-order valence-corrected chi connectivity index (χ1v) is 6.57. The lowest BCUT2D eigenvalue weighted by Crippen LogP contribution is -2.32. The molecule has 4 heteroatoms. The van der Waals surface area contributed by atoms with Crippen molar-refractivity contribution >= 4 is 0 Å². The largest absolute Gasteiger partial charge is 0.444 e. The van der Waals surface area contributed by atoms with E-state index < -0.39 is 0 Å². The molecule has 0 saturated carbocycles. The fraction of sp³-hybridized carbons (Fsp3) is 0.769. The average molecular weight is 237 g/mol. The first-order chi connectivity index (χ1) is 8.19. The number of nitrogens with zero attached hydrogens (tertiary/aromatic N) is 2. The molecule has 1 atom stereocenters. The minimum atomic E-state index is 0.645. The molecule has 1 fully saturated rings. The monoisotopic (exact) mass is 237 g/mol. The highest BCUT2D eigenvalue weighted by Crippen LogP contribution is 2.15. The van der Waals surface area contributed by atoms with E-state index in [1.165, 1.54) is 12.8 Å². The van der Waals surface area contributed by atoms with E-state index >= 15 is 0 Å². The van der Waals surface area contributed by atoms with Crippen molar-refractivity contribution in [2.24, 2.45) is 0 Å². The molecule has 1 aromatic heterocycles. The van der Waals surface area contributed by atoms with Crippen LogP contribution in [0.5, 0.6) is 0 Å². The van der Waals surface area contributed by atoms with Gasteiger partial charge in [-0.1, -0.05) is 6.92 Å². The zero-order chi connectivity index (χ0) is 12.3. The minimum absolute atomic E-state index is 0.645. The Morgan fingerprint density at radius 2 is 2.29 bits per heavy atom. The summed E-state index contributed by atoms with van der Waals surface area (Å²) in [6.45, 7) is 10.4. The molecule has 0 aliphatic carbocycles. The summed E-state index contributed by atoms with van der Waals surface area (Å²) >= 11 is 0. The van der Waals surface area contributed by atoms with Gasteiger partial charge in [0.05, 0.1) is 12.2 Å². The van der Waals surface area contributed by atoms with Gasteiger partial charge in [-0.25, -0.2) is 4.98 Å². The molecule has 4 nitrogen and oxygen atoms in total. The van der Waals surface area contributed by atoms with Crippen LogP contribution in [0.4, 0.5) is 0 Å². The van der Waals surface area contributed by atoms with E-state index in [-0.39, 0.29) is 0 Å². The molecule has 0 bridgehead atoms. The Balaban J connectivity index is 1.81. The molecule has 1 saturated heterocycles. The normalized spacial score (nSPS) is 21.2. The summed E-state index contributed by atoms with van der Waals surface area (Å²) in [4.78, 5) is 6.85. The maximum absolute atomic E-state index is 5.62. The van der Waals surface area contributed by atoms with E-state index in [4.69, 9.17) is 4.42 Å². The average Bonchev–Trinajstić information content (AvgIpc) is 2.85. The van der Waals surface area contributed by atoms with Crippen molar-refractivity contribution in [1.29, 1.82) is 0 Å². The fourth-order valence-corrected chi connectivity index (χ4v) is 2.29. The van der Waals surface area contributed by atoms with Crippen molar-refractivity contribution in [1.82, 2.24) is 15.2 Å². The van der Waals surface area contributed by atoms with Crippen molar-refractivity contribution in [3.8, 4) is 0 Å². The molecule has 0 aromatic carbocycles. The Morgan fingerprint density at radius 3 is 2.94 bits per heavy atom. The van der Waals surface area contributed by atoms with Gasteiger partial charge in [0, 0.05) is 19.1 Å². The van der Waals surface area contributed by atoms with E-state index in [0.29, 0.717) is 6.04 Å². The number of hydrogen-bond acceptors (Lipinski definition) is 4. The molecular weight excluding hydrogens is 214 g/mol. The lowest BCUT2D eigenvalue weighted by Gasteiger charge is -2.14. The van der Waals surface area contributed by atoms with Gasteiger partial charge in [-0.2, -0.15) is 0 Å². The number of hydrogen-bond donors (Lipinski definition) is 1. The number of oxazole rings is 1. The molecule has 1 N–H and O–H groups in total. The van der Waals surface area contributed by atoms with Crippen molar-refractivity contribution in [2.45, 2.75) is 46.2 Å². The highest BCUT2D eigenvalue weighted by atomic mass is 16.4. The van der Waals surface area contributed by atoms with E-state index in [1.54, 1.807) is 0 Å². The fourth-order valence-electron chi connectivity index (χ4n) is 2.29. The van der Waals surface area contributed by atoms with Crippen LogP contribution in [0.2, 0.25) is 0 Å². The van der Waals surface area contributed by atoms with Crippen LogP contribution in [-0.2, 0) is 6.54 Å². The molecule has 1 aromatic rings. The SMILES string of the molecule is CCCNC1CCN(Cc2nc(C)c(C)o2)C1. The third-order valence-electron chi connectivity index (χ3n) is 3.39. The Hall–Kier alpha value is -0.870. The van der Waals surface area contributed by atoms with Crippen LogP contribution < -0.4 is 5.32 Å². The van der Waals surface area contributed by atoms with Gasteiger partial charge in [-0.15, -0.1) is 0 Å². The molecule has 2 rings (SSSR count). The molecule has 17 heavy (non-hydrogen) atoms. The van der Waals surface area contributed by atoms with Crippen LogP contribution in [0.25, 0.3) is 0 Å². The molecule has 1 aliphatic rings. The van der Waals surface area contributed by atoms with E-state index in [0.717, 1.165) is 43.5 Å². The maximum Gasteiger partial charge on any atom is 0.208 e. The zero-order valence-electron chi connectivity index (χ0n) is 11.1. The highest BCUT2D eigenvalue weighted by molar-refractivity contribution is 5.05. The Labute approximate surface area is 103 Å². The minimum Gasteiger partial charge on any atom is -0.444 e. The molecular formula is C13H23N3O. The van der Waals surface area contributed by atoms with Crippen LogP contribution >= 0.6 is 0 Å². The van der Waals surface area contributed by atoms with Gasteiger partial charge < -0.3 is 9.73 Å². The standard InChI is InChI=1S/C13H23N3O/c1-4-6-14-12-5-7-16(8-12)9-13-15-10(2)11(3)17-13/h12,14H,4-9H2,1-3H3. The van der Waals surface area contributed by atoms with Crippen LogP contribution in [0.15, 0.2) is 4.42 Å². The summed E-state index contributed by atoms with van der Waals surface area (Å²) in [7, 11) is 0. The molecule has 0 amide bonds. The van der Waals surface area contributed by atoms with Crippen molar-refractivity contribution < 1.29 is 4.42 Å². The second-order valence-electron chi connectivity index (χ2n) is 4.92. The van der Waals surface area contributed by atoms with Gasteiger partial charge >= 0.3 is 0 Å². The van der Waals surface area contributed by atoms with Gasteiger partial charge in [0.1, 0.15) is 5.76 Å². The molecule has 0 radical (unpaired) electrons. The van der Waals surface area contributed by atoms with Crippen molar-refractivity contribution in [3.05, 3.63) is 17.3 Å². The highest BCUT2D eigenvalue weighted by Gasteiger charge is 2.23. The predicted octanol–water partition coefficient (Wildman–Crippen LogP) is 1.87. The summed E-state index contributed by atoms with van der Waals surface area (Å²) in [5.41, 5.74) is 1.01. The van der Waals surface area contributed by atoms with Gasteiger partial charge in [-0.05, 0) is 33.2 Å². The van der Waals surface area contributed by atoms with Crippen molar-refractivity contribution in [2.75, 3.05) is 19.6 Å². The molecule has 96 valence electrons. The van der Waals surface area contributed by atoms with Crippen LogP contribution in [-0.4, -0.2) is 35.6 Å². The predicted molar refractivity (Wildman–Crippen MR) is 68.0 cm³/mol. The van der Waals surface area contributed by atoms with Gasteiger partial charge in [0.15, 0.2) is 0 Å². The second kappa shape index (κ2) is 5.65. The topological polar surface area (TPSA) is 41.3 Å². The van der Waals surface area contributed by atoms with Gasteiger partial charge in [0.2, 0.25) is 5.89 Å². The number of likely N-dealkylation sites (tertiary alicyclic amines) is 1. The lowest BCUT2D eigenvalue weighted by atomic mass is 10.2. The van der Waals surface area contributed by atoms with Crippen LogP contribution in [0.3, 0.4) is 0 Å². The maximum atomic E-state index is 5.62. The first-order valence-electron chi connectivity index (χ1n) is 6.57. The summed E-state index contributed by atoms with van der Waals surface area (Å²) in [5.74, 6) is 1.80. The number of aryl methyl sites for hydroxylation is 2. The lowest BCUT2D eigenvalue weighted by molar-refractivity contribution is 0.280. The first kappa shape index (κ1) is 12.6. The number of rotatable bonds is 5. The third-order valence-corrected chi connectivity index (χ3v) is 3.39. The van der Waals surface area contributed by atoms with Crippen LogP contribution in [0, 0.1) is 13.8 Å². The Morgan fingerprint density at radius 1 is 1.47 bits per heavy atom. The van der Waals surface area contributed by atoms with E-state index in [9.17, 15) is 0 Å². The Bertz CT molecular complexity index is 342. The van der Waals surface area contributed by atoms with E-state index in [2.05, 4.69) is 22.1 Å². The molecule has 0 spiro atoms. The van der Waals surface area contributed by atoms with Crippen LogP contribution in [0.1, 0.15) is 37.1 Å². The van der Waals surface area contributed by atoms with Gasteiger partial charge in [0.25, 0.3) is 0 Å². The summed E-state index contributed by atoms with van der Waals surface area (Å²) in [6, 6.07) is 0.645. The summed E-state index contributed by atoms with van der Waals surface area (Å²) in [5, 5.41) is 3.57. The quantitative estimate of drug-likeness (QED) is 0.849. The summed E-state index contributed by atoms with van der Waals surface area (Å²) < 4.78 is 5.62.